The average Bonchev–Trinajstić information content (AvgIpc) is 2.48. The fourth-order valence-corrected chi connectivity index (χ4v) is 2.67. The number of carbonyl (C=O) groups is 1. The Bertz CT molecular complexity index is 456. The number of nitrogens with one attached hydrogen (secondary N) is 1. The monoisotopic (exact) mass is 290 g/mol. The Morgan fingerprint density at radius 3 is 2.71 bits per heavy atom. The first kappa shape index (κ1) is 16.0. The van der Waals surface area contributed by atoms with E-state index in [-0.39, 0.29) is 11.9 Å². The minimum absolute atomic E-state index is 0.0567. The molecule has 0 radical (unpaired) electrons. The van der Waals surface area contributed by atoms with Crippen molar-refractivity contribution in [2.24, 2.45) is 0 Å². The summed E-state index contributed by atoms with van der Waals surface area (Å²) in [6, 6.07) is 8.29. The Labute approximate surface area is 127 Å². The fraction of sp³-hybridized carbons (Fsp3) is 0.588. The maximum absolute atomic E-state index is 12.2. The lowest BCUT2D eigenvalue weighted by molar-refractivity contribution is -0.119. The average molecular weight is 290 g/mol. The molecule has 1 saturated heterocycles. The van der Waals surface area contributed by atoms with Gasteiger partial charge in [0, 0.05) is 24.7 Å². The summed E-state index contributed by atoms with van der Waals surface area (Å²) < 4.78 is 5.49. The molecule has 0 bridgehead atoms. The van der Waals surface area contributed by atoms with Crippen molar-refractivity contribution in [3.63, 3.8) is 0 Å². The number of likely N-dealkylation sites (N-methyl/N-ethyl adjacent to an activating group) is 1. The highest BCUT2D eigenvalue weighted by atomic mass is 16.5. The number of nitrogens with zero attached hydrogens (tertiary/aromatic N) is 1. The Hall–Kier alpha value is -1.39. The molecule has 0 aliphatic carbocycles. The van der Waals surface area contributed by atoms with Crippen LogP contribution in [-0.2, 0) is 9.53 Å². The van der Waals surface area contributed by atoms with Crippen LogP contribution in [0.3, 0.4) is 0 Å². The zero-order valence-corrected chi connectivity index (χ0v) is 13.3. The van der Waals surface area contributed by atoms with Crippen molar-refractivity contribution < 1.29 is 9.53 Å². The van der Waals surface area contributed by atoms with Crippen molar-refractivity contribution in [3.05, 3.63) is 29.8 Å². The van der Waals surface area contributed by atoms with Crippen LogP contribution in [-0.4, -0.2) is 43.2 Å². The van der Waals surface area contributed by atoms with E-state index < -0.39 is 0 Å². The number of anilines is 1. The Morgan fingerprint density at radius 1 is 1.38 bits per heavy atom. The number of hydrogen-bond donors (Lipinski definition) is 1. The summed E-state index contributed by atoms with van der Waals surface area (Å²) in [7, 11) is 0. The van der Waals surface area contributed by atoms with E-state index in [1.165, 1.54) is 5.56 Å². The largest absolute Gasteiger partial charge is 0.378 e. The lowest BCUT2D eigenvalue weighted by Crippen LogP contribution is -2.46. The number of benzene rings is 1. The Kier molecular flexibility index (Phi) is 5.76. The molecule has 1 fully saturated rings. The molecule has 1 heterocycles. The van der Waals surface area contributed by atoms with Gasteiger partial charge in [0.05, 0.1) is 13.2 Å². The molecule has 0 spiro atoms. The van der Waals surface area contributed by atoms with Gasteiger partial charge in [-0.1, -0.05) is 32.9 Å². The summed E-state index contributed by atoms with van der Waals surface area (Å²) in [5, 5.41) is 2.98. The SMILES string of the molecule is CCN1CCOCC1CC(=O)Nc1ccc(C(C)C)cc1. The smallest absolute Gasteiger partial charge is 0.226 e. The molecule has 1 atom stereocenters. The molecule has 0 saturated carbocycles. The molecule has 1 aromatic rings. The Morgan fingerprint density at radius 2 is 2.10 bits per heavy atom. The highest BCUT2D eigenvalue weighted by Crippen LogP contribution is 2.18. The van der Waals surface area contributed by atoms with Crippen LogP contribution in [0.5, 0.6) is 0 Å². The van der Waals surface area contributed by atoms with Crippen molar-refractivity contribution in [2.45, 2.75) is 39.2 Å². The van der Waals surface area contributed by atoms with Crippen molar-refractivity contribution in [1.82, 2.24) is 4.90 Å². The summed E-state index contributed by atoms with van der Waals surface area (Å²) >= 11 is 0. The van der Waals surface area contributed by atoms with Gasteiger partial charge < -0.3 is 10.1 Å². The quantitative estimate of drug-likeness (QED) is 0.906. The van der Waals surface area contributed by atoms with Crippen LogP contribution < -0.4 is 5.32 Å². The molecule has 0 aromatic heterocycles. The number of morpholine rings is 1. The van der Waals surface area contributed by atoms with Gasteiger partial charge in [-0.15, -0.1) is 0 Å². The molecular formula is C17H26N2O2. The van der Waals surface area contributed by atoms with E-state index in [0.717, 1.165) is 25.4 Å². The van der Waals surface area contributed by atoms with Gasteiger partial charge in [0.1, 0.15) is 0 Å². The van der Waals surface area contributed by atoms with Crippen LogP contribution in [0.25, 0.3) is 0 Å². The molecule has 1 unspecified atom stereocenters. The highest BCUT2D eigenvalue weighted by molar-refractivity contribution is 5.91. The van der Waals surface area contributed by atoms with Gasteiger partial charge in [-0.2, -0.15) is 0 Å². The molecule has 1 aliphatic rings. The van der Waals surface area contributed by atoms with E-state index in [0.29, 0.717) is 18.9 Å². The molecule has 1 N–H and O–H groups in total. The van der Waals surface area contributed by atoms with Crippen LogP contribution in [0.1, 0.15) is 38.7 Å². The summed E-state index contributed by atoms with van der Waals surface area (Å²) in [5.74, 6) is 0.563. The second-order valence-corrected chi connectivity index (χ2v) is 5.89. The third kappa shape index (κ3) is 4.55. The summed E-state index contributed by atoms with van der Waals surface area (Å²) in [6.45, 7) is 9.74. The topological polar surface area (TPSA) is 41.6 Å². The van der Waals surface area contributed by atoms with Gasteiger partial charge in [0.2, 0.25) is 5.91 Å². The highest BCUT2D eigenvalue weighted by Gasteiger charge is 2.24. The Balaban J connectivity index is 1.88. The molecule has 4 heteroatoms. The molecule has 4 nitrogen and oxygen atoms in total. The van der Waals surface area contributed by atoms with Crippen molar-refractivity contribution in [2.75, 3.05) is 31.6 Å². The van der Waals surface area contributed by atoms with Gasteiger partial charge in [0.25, 0.3) is 0 Å². The van der Waals surface area contributed by atoms with Crippen molar-refractivity contribution in [1.29, 1.82) is 0 Å². The third-order valence-corrected chi connectivity index (χ3v) is 4.04. The van der Waals surface area contributed by atoms with Crippen molar-refractivity contribution in [3.8, 4) is 0 Å². The fourth-order valence-electron chi connectivity index (χ4n) is 2.67. The molecular weight excluding hydrogens is 264 g/mol. The van der Waals surface area contributed by atoms with E-state index in [9.17, 15) is 4.79 Å². The first-order chi connectivity index (χ1) is 10.1. The van der Waals surface area contributed by atoms with Crippen molar-refractivity contribution >= 4 is 11.6 Å². The zero-order valence-electron chi connectivity index (χ0n) is 13.3. The third-order valence-electron chi connectivity index (χ3n) is 4.04. The minimum Gasteiger partial charge on any atom is -0.378 e. The predicted octanol–water partition coefficient (Wildman–Crippen LogP) is 2.86. The summed E-state index contributed by atoms with van der Waals surface area (Å²) in [5.41, 5.74) is 2.15. The molecule has 1 aromatic carbocycles. The van der Waals surface area contributed by atoms with E-state index in [2.05, 4.69) is 43.1 Å². The first-order valence-electron chi connectivity index (χ1n) is 7.81. The lowest BCUT2D eigenvalue weighted by atomic mass is 10.0. The van der Waals surface area contributed by atoms with E-state index in [1.807, 2.05) is 12.1 Å². The molecule has 116 valence electrons. The van der Waals surface area contributed by atoms with Gasteiger partial charge in [-0.3, -0.25) is 9.69 Å². The second kappa shape index (κ2) is 7.57. The molecule has 21 heavy (non-hydrogen) atoms. The van der Waals surface area contributed by atoms with Gasteiger partial charge in [-0.05, 0) is 30.2 Å². The second-order valence-electron chi connectivity index (χ2n) is 5.89. The van der Waals surface area contributed by atoms with Crippen LogP contribution in [0.4, 0.5) is 5.69 Å². The number of amides is 1. The maximum atomic E-state index is 12.2. The van der Waals surface area contributed by atoms with Crippen LogP contribution in [0.15, 0.2) is 24.3 Å². The van der Waals surface area contributed by atoms with Gasteiger partial charge in [-0.25, -0.2) is 0 Å². The predicted molar refractivity (Wildman–Crippen MR) is 85.6 cm³/mol. The van der Waals surface area contributed by atoms with Gasteiger partial charge in [0.15, 0.2) is 0 Å². The molecule has 2 rings (SSSR count). The maximum Gasteiger partial charge on any atom is 0.226 e. The molecule has 1 aliphatic heterocycles. The zero-order chi connectivity index (χ0) is 15.2. The van der Waals surface area contributed by atoms with Gasteiger partial charge >= 0.3 is 0 Å². The summed E-state index contributed by atoms with van der Waals surface area (Å²) in [6.07, 6.45) is 0.486. The van der Waals surface area contributed by atoms with Crippen LogP contribution >= 0.6 is 0 Å². The van der Waals surface area contributed by atoms with Crippen LogP contribution in [0, 0.1) is 0 Å². The number of ether oxygens (including phenoxy) is 1. The number of rotatable bonds is 5. The number of carbonyl (C=O) groups excluding carboxylic acids is 1. The van der Waals surface area contributed by atoms with E-state index >= 15 is 0 Å². The van der Waals surface area contributed by atoms with E-state index in [4.69, 9.17) is 4.74 Å². The minimum atomic E-state index is 0.0567. The van der Waals surface area contributed by atoms with Crippen LogP contribution in [0.2, 0.25) is 0 Å². The normalized spacial score (nSPS) is 19.7. The van der Waals surface area contributed by atoms with E-state index in [1.54, 1.807) is 0 Å². The number of hydrogen-bond acceptors (Lipinski definition) is 3. The molecule has 1 amide bonds. The lowest BCUT2D eigenvalue weighted by Gasteiger charge is -2.34. The standard InChI is InChI=1S/C17H26N2O2/c1-4-19-9-10-21-12-16(19)11-17(20)18-15-7-5-14(6-8-15)13(2)3/h5-8,13,16H,4,9-12H2,1-3H3,(H,18,20). The first-order valence-corrected chi connectivity index (χ1v) is 7.81. The summed E-state index contributed by atoms with van der Waals surface area (Å²) in [4.78, 5) is 14.5.